The largest absolute Gasteiger partial charge is 0.465 e. The van der Waals surface area contributed by atoms with Crippen LogP contribution in [0.15, 0.2) is 4.79 Å². The van der Waals surface area contributed by atoms with E-state index in [1.165, 1.54) is 8.99 Å². The zero-order valence-corrected chi connectivity index (χ0v) is 17.1. The van der Waals surface area contributed by atoms with Crippen LogP contribution < -0.4 is 10.4 Å². The van der Waals surface area contributed by atoms with E-state index < -0.39 is 22.2 Å². The molecule has 1 aromatic heterocycles. The van der Waals surface area contributed by atoms with Gasteiger partial charge in [-0.05, 0) is 45.4 Å². The number of rotatable bonds is 8. The van der Waals surface area contributed by atoms with Gasteiger partial charge >= 0.3 is 11.7 Å². The van der Waals surface area contributed by atoms with Crippen molar-refractivity contribution in [1.29, 1.82) is 0 Å². The molecule has 28 heavy (non-hydrogen) atoms. The van der Waals surface area contributed by atoms with Crippen molar-refractivity contribution in [3.8, 4) is 0 Å². The summed E-state index contributed by atoms with van der Waals surface area (Å²) >= 11 is 0. The molecule has 2 aliphatic rings. The third-order valence-electron chi connectivity index (χ3n) is 5.18. The first-order valence-corrected chi connectivity index (χ1v) is 11.5. The lowest BCUT2D eigenvalue weighted by molar-refractivity contribution is -0.148. The lowest BCUT2D eigenvalue weighted by Crippen LogP contribution is -2.52. The number of fused-ring (bicyclic) bond motifs is 1. The molecule has 1 atom stereocenters. The predicted molar refractivity (Wildman–Crippen MR) is 102 cm³/mol. The molecule has 1 N–H and O–H groups in total. The maximum absolute atomic E-state index is 12.7. The Bertz CT molecular complexity index is 847. The van der Waals surface area contributed by atoms with Gasteiger partial charge in [-0.2, -0.15) is 17.8 Å². The second-order valence-corrected chi connectivity index (χ2v) is 8.87. The van der Waals surface area contributed by atoms with E-state index in [1.54, 1.807) is 11.5 Å². The van der Waals surface area contributed by atoms with Crippen molar-refractivity contribution >= 4 is 16.2 Å². The quantitative estimate of drug-likeness (QED) is 0.473. The van der Waals surface area contributed by atoms with Gasteiger partial charge in [0.15, 0.2) is 0 Å². The number of piperidine rings is 1. The number of nitrogens with one attached hydrogen (secondary N) is 1. The van der Waals surface area contributed by atoms with E-state index in [4.69, 9.17) is 4.74 Å². The molecule has 0 spiro atoms. The highest BCUT2D eigenvalue weighted by Gasteiger charge is 2.37. The van der Waals surface area contributed by atoms with Gasteiger partial charge in [0.1, 0.15) is 11.9 Å². The smallest absolute Gasteiger partial charge is 0.345 e. The Morgan fingerprint density at radius 2 is 2.04 bits per heavy atom. The van der Waals surface area contributed by atoms with Crippen LogP contribution in [0.3, 0.4) is 0 Å². The SMILES string of the molecule is CCOC(=O)[C@H]1CCCCN1S(=O)(=O)NCCCn1nc2n(c1=O)CCCC2. The molecule has 0 bridgehead atoms. The van der Waals surface area contributed by atoms with Crippen LogP contribution in [0, 0.1) is 0 Å². The minimum atomic E-state index is -3.79. The van der Waals surface area contributed by atoms with Crippen molar-refractivity contribution in [1.82, 2.24) is 23.4 Å². The van der Waals surface area contributed by atoms with Crippen molar-refractivity contribution in [2.24, 2.45) is 0 Å². The number of esters is 1. The molecule has 2 aliphatic heterocycles. The van der Waals surface area contributed by atoms with Gasteiger partial charge in [-0.15, -0.1) is 0 Å². The average Bonchev–Trinajstić information content (AvgIpc) is 3.01. The van der Waals surface area contributed by atoms with Gasteiger partial charge in [-0.1, -0.05) is 0 Å². The number of carbonyl (C=O) groups excluding carboxylic acids is 1. The Labute approximate surface area is 165 Å². The molecule has 0 amide bonds. The molecular formula is C17H29N5O5S. The highest BCUT2D eigenvalue weighted by molar-refractivity contribution is 7.87. The average molecular weight is 416 g/mol. The Balaban J connectivity index is 1.55. The maximum atomic E-state index is 12.7. The number of carbonyl (C=O) groups is 1. The zero-order valence-electron chi connectivity index (χ0n) is 16.3. The van der Waals surface area contributed by atoms with Gasteiger partial charge in [0.25, 0.3) is 10.2 Å². The summed E-state index contributed by atoms with van der Waals surface area (Å²) in [4.78, 5) is 24.4. The minimum absolute atomic E-state index is 0.129. The zero-order chi connectivity index (χ0) is 20.1. The van der Waals surface area contributed by atoms with Crippen molar-refractivity contribution in [3.63, 3.8) is 0 Å². The number of ether oxygens (including phenoxy) is 1. The van der Waals surface area contributed by atoms with E-state index in [0.717, 1.165) is 31.5 Å². The van der Waals surface area contributed by atoms with Crippen LogP contribution in [0.5, 0.6) is 0 Å². The molecule has 0 saturated carbocycles. The number of hydrogen-bond acceptors (Lipinski definition) is 6. The molecule has 0 aliphatic carbocycles. The fraction of sp³-hybridized carbons (Fsp3) is 0.824. The van der Waals surface area contributed by atoms with E-state index in [-0.39, 0.29) is 18.8 Å². The lowest BCUT2D eigenvalue weighted by Gasteiger charge is -2.32. The van der Waals surface area contributed by atoms with Crippen molar-refractivity contribution < 1.29 is 17.9 Å². The molecule has 0 aromatic carbocycles. The third-order valence-corrected chi connectivity index (χ3v) is 6.81. The molecule has 3 rings (SSSR count). The van der Waals surface area contributed by atoms with E-state index in [0.29, 0.717) is 38.9 Å². The van der Waals surface area contributed by atoms with Gasteiger partial charge in [0.2, 0.25) is 0 Å². The van der Waals surface area contributed by atoms with Gasteiger partial charge in [0.05, 0.1) is 6.61 Å². The van der Waals surface area contributed by atoms with Gasteiger partial charge in [0, 0.05) is 32.6 Å². The van der Waals surface area contributed by atoms with Crippen LogP contribution >= 0.6 is 0 Å². The molecule has 3 heterocycles. The van der Waals surface area contributed by atoms with E-state index in [9.17, 15) is 18.0 Å². The predicted octanol–water partition coefficient (Wildman–Crippen LogP) is 0.0232. The maximum Gasteiger partial charge on any atom is 0.345 e. The van der Waals surface area contributed by atoms with Crippen LogP contribution in [0.4, 0.5) is 0 Å². The first-order valence-electron chi connectivity index (χ1n) is 10.0. The first kappa shape index (κ1) is 21.0. The van der Waals surface area contributed by atoms with Crippen LogP contribution in [-0.4, -0.2) is 58.8 Å². The summed E-state index contributed by atoms with van der Waals surface area (Å²) in [5.41, 5.74) is -0.129. The molecule has 0 unspecified atom stereocenters. The fourth-order valence-corrected chi connectivity index (χ4v) is 5.24. The molecule has 1 saturated heterocycles. The number of aromatic nitrogens is 3. The summed E-state index contributed by atoms with van der Waals surface area (Å²) < 4.78 is 37.2. The van der Waals surface area contributed by atoms with Gasteiger partial charge < -0.3 is 4.74 Å². The second-order valence-electron chi connectivity index (χ2n) is 7.16. The summed E-state index contributed by atoms with van der Waals surface area (Å²) in [6, 6.07) is -0.770. The van der Waals surface area contributed by atoms with E-state index >= 15 is 0 Å². The second kappa shape index (κ2) is 9.19. The summed E-state index contributed by atoms with van der Waals surface area (Å²) in [5, 5.41) is 4.35. The molecule has 11 heteroatoms. The lowest BCUT2D eigenvalue weighted by atomic mass is 10.1. The summed E-state index contributed by atoms with van der Waals surface area (Å²) in [6.07, 6.45) is 5.24. The van der Waals surface area contributed by atoms with Gasteiger partial charge in [-0.3, -0.25) is 9.36 Å². The highest BCUT2D eigenvalue weighted by Crippen LogP contribution is 2.21. The summed E-state index contributed by atoms with van der Waals surface area (Å²) in [7, 11) is -3.79. The van der Waals surface area contributed by atoms with E-state index in [1.807, 2.05) is 0 Å². The monoisotopic (exact) mass is 415 g/mol. The number of hydrogen-bond donors (Lipinski definition) is 1. The normalized spacial score (nSPS) is 20.7. The molecule has 0 radical (unpaired) electrons. The highest BCUT2D eigenvalue weighted by atomic mass is 32.2. The minimum Gasteiger partial charge on any atom is -0.465 e. The Morgan fingerprint density at radius 1 is 1.25 bits per heavy atom. The standard InChI is InChI=1S/C17H29N5O5S/c1-2-27-16(23)14-8-3-6-13-22(14)28(25,26)18-10-7-12-21-17(24)20-11-5-4-9-15(20)19-21/h14,18H,2-13H2,1H3/t14-/m1/s1. The molecule has 158 valence electrons. The Kier molecular flexibility index (Phi) is 6.89. The molecule has 1 fully saturated rings. The summed E-state index contributed by atoms with van der Waals surface area (Å²) in [6.45, 7) is 3.44. The molecule has 10 nitrogen and oxygen atoms in total. The Morgan fingerprint density at radius 3 is 2.79 bits per heavy atom. The van der Waals surface area contributed by atoms with Crippen LogP contribution in [-0.2, 0) is 39.3 Å². The first-order chi connectivity index (χ1) is 13.4. The summed E-state index contributed by atoms with van der Waals surface area (Å²) in [5.74, 6) is 0.310. The number of nitrogens with zero attached hydrogens (tertiary/aromatic N) is 4. The molecule has 1 aromatic rings. The topological polar surface area (TPSA) is 116 Å². The Hall–Kier alpha value is -1.72. The van der Waals surface area contributed by atoms with Crippen LogP contribution in [0.25, 0.3) is 0 Å². The number of aryl methyl sites for hydroxylation is 2. The van der Waals surface area contributed by atoms with Crippen LogP contribution in [0.2, 0.25) is 0 Å². The van der Waals surface area contributed by atoms with E-state index in [2.05, 4.69) is 9.82 Å². The third kappa shape index (κ3) is 4.64. The van der Waals surface area contributed by atoms with Crippen molar-refractivity contribution in [3.05, 3.63) is 16.3 Å². The van der Waals surface area contributed by atoms with Crippen molar-refractivity contribution in [2.45, 2.75) is 71.0 Å². The fourth-order valence-electron chi connectivity index (χ4n) is 3.77. The van der Waals surface area contributed by atoms with Crippen LogP contribution in [0.1, 0.15) is 51.3 Å². The molecular weight excluding hydrogens is 386 g/mol. The van der Waals surface area contributed by atoms with Crippen molar-refractivity contribution in [2.75, 3.05) is 19.7 Å². The van der Waals surface area contributed by atoms with Gasteiger partial charge in [-0.25, -0.2) is 14.2 Å².